The van der Waals surface area contributed by atoms with Crippen molar-refractivity contribution in [3.63, 3.8) is 0 Å². The Labute approximate surface area is 93.4 Å². The van der Waals surface area contributed by atoms with Gasteiger partial charge >= 0.3 is 67.7 Å². The third-order valence-corrected chi connectivity index (χ3v) is 0. The summed E-state index contributed by atoms with van der Waals surface area (Å²) < 4.78 is 0. The van der Waals surface area contributed by atoms with E-state index < -0.39 is 0 Å². The van der Waals surface area contributed by atoms with Gasteiger partial charge in [0.05, 0.1) is 0 Å². The van der Waals surface area contributed by atoms with Crippen molar-refractivity contribution in [2.24, 2.45) is 0 Å². The maximum absolute atomic E-state index is 0. The van der Waals surface area contributed by atoms with Crippen molar-refractivity contribution in [2.75, 3.05) is 0 Å². The molecule has 1 radical (unpaired) electrons. The van der Waals surface area contributed by atoms with E-state index in [4.69, 9.17) is 0 Å². The zero-order chi connectivity index (χ0) is 0. The summed E-state index contributed by atoms with van der Waals surface area (Å²) in [5.41, 5.74) is 0. The Hall–Kier alpha value is 2.87. The molecule has 1 nitrogen and oxygen atoms in total. The first-order chi connectivity index (χ1) is 0. The minimum absolute atomic E-state index is 0. The van der Waals surface area contributed by atoms with Crippen LogP contribution in [-0.2, 0) is 22.4 Å². The van der Waals surface area contributed by atoms with Crippen molar-refractivity contribution >= 4 is 67.7 Å². The number of hydrogen-bond acceptors (Lipinski definition) is 1. The van der Waals surface area contributed by atoms with Gasteiger partial charge in [0.15, 0.2) is 0 Å². The minimum Gasteiger partial charge on any atom is -0.870 e. The molecule has 0 aromatic carbocycles. The van der Waals surface area contributed by atoms with Crippen LogP contribution in [0.3, 0.4) is 0 Å². The average molecular weight is 256 g/mol. The van der Waals surface area contributed by atoms with Crippen LogP contribution in [0.25, 0.3) is 0 Å². The molecule has 0 aliphatic rings. The molecule has 0 aliphatic carbocycles. The molecule has 0 aliphatic heterocycles. The molecule has 0 unspecified atom stereocenters. The van der Waals surface area contributed by atoms with E-state index in [1.807, 2.05) is 0 Å². The van der Waals surface area contributed by atoms with E-state index in [0.717, 1.165) is 0 Å². The summed E-state index contributed by atoms with van der Waals surface area (Å²) in [6.07, 6.45) is 0. The van der Waals surface area contributed by atoms with Gasteiger partial charge < -0.3 is 5.48 Å². The van der Waals surface area contributed by atoms with Gasteiger partial charge in [0, 0.05) is 22.4 Å². The molecule has 0 aromatic heterocycles. The van der Waals surface area contributed by atoms with Crippen LogP contribution in [0.2, 0.25) is 0 Å². The largest absolute Gasteiger partial charge is 0.870 e. The second-order valence-corrected chi connectivity index (χ2v) is 0. The molecule has 0 atom stereocenters. The molecule has 0 saturated carbocycles. The van der Waals surface area contributed by atoms with Crippen molar-refractivity contribution in [2.45, 2.75) is 0 Å². The topological polar surface area (TPSA) is 30.0 Å². The fourth-order valence-electron chi connectivity index (χ4n) is 0. The molecule has 0 fully saturated rings. The van der Waals surface area contributed by atoms with Crippen LogP contribution in [0.1, 0.15) is 0 Å². The summed E-state index contributed by atoms with van der Waals surface area (Å²) in [6, 6.07) is 0. The van der Waals surface area contributed by atoms with Gasteiger partial charge in [-0.25, -0.2) is 0 Å². The summed E-state index contributed by atoms with van der Waals surface area (Å²) in [6.45, 7) is 0. The molecular weight excluding hydrogens is 253 g/mol. The van der Waals surface area contributed by atoms with Crippen molar-refractivity contribution in [3.8, 4) is 0 Å². The SMILES string of the molecule is [BaH+].[LiH].[Nb].[OH-]. The molecule has 0 heterocycles. The first-order valence-electron chi connectivity index (χ1n) is 0. The van der Waals surface area contributed by atoms with Crippen LogP contribution in [0.15, 0.2) is 0 Å². The molecule has 0 rings (SSSR count). The second kappa shape index (κ2) is 16.9. The van der Waals surface area contributed by atoms with Gasteiger partial charge in [0.2, 0.25) is 0 Å². The van der Waals surface area contributed by atoms with E-state index in [9.17, 15) is 0 Å². The van der Waals surface area contributed by atoms with Gasteiger partial charge in [-0.15, -0.1) is 0 Å². The first kappa shape index (κ1) is 28.7. The molecule has 0 bridgehead atoms. The normalized spacial score (nSPS) is 0. The van der Waals surface area contributed by atoms with Gasteiger partial charge in [-0.05, 0) is 0 Å². The summed E-state index contributed by atoms with van der Waals surface area (Å²) in [7, 11) is 0. The molecule has 0 spiro atoms. The van der Waals surface area contributed by atoms with Crippen molar-refractivity contribution < 1.29 is 27.9 Å². The van der Waals surface area contributed by atoms with Gasteiger partial charge in [-0.3, -0.25) is 0 Å². The third-order valence-electron chi connectivity index (χ3n) is 0. The standard InChI is InChI=1S/Ba.Li.Nb.H2O.2H/h;;;1H2;;/q+1;;;;;/p-1. The Balaban J connectivity index is 0. The summed E-state index contributed by atoms with van der Waals surface area (Å²) in [5.74, 6) is 0. The van der Waals surface area contributed by atoms with E-state index in [1.54, 1.807) is 0 Å². The zero-order valence-electron chi connectivity index (χ0n) is 1.89. The summed E-state index contributed by atoms with van der Waals surface area (Å²) in [5, 5.41) is 0. The van der Waals surface area contributed by atoms with Gasteiger partial charge in [0.1, 0.15) is 0 Å². The van der Waals surface area contributed by atoms with Crippen LogP contribution in [0.4, 0.5) is 0 Å². The van der Waals surface area contributed by atoms with E-state index in [-0.39, 0.29) is 95.6 Å². The Morgan fingerprint density at radius 1 is 1.00 bits per heavy atom. The molecule has 4 heavy (non-hydrogen) atoms. The fourth-order valence-corrected chi connectivity index (χ4v) is 0. The minimum atomic E-state index is 0. The smallest absolute Gasteiger partial charge is 0 e. The number of hydrogen-bond donors (Lipinski definition) is 0. The molecule has 0 aromatic rings. The Bertz CT molecular complexity index is 8.00. The van der Waals surface area contributed by atoms with Crippen molar-refractivity contribution in [3.05, 3.63) is 0 Å². The van der Waals surface area contributed by atoms with Crippen molar-refractivity contribution in [1.29, 1.82) is 0 Å². The Kier molecular flexibility index (Phi) is 121. The van der Waals surface area contributed by atoms with E-state index in [2.05, 4.69) is 0 Å². The molecule has 1 N–H and O–H groups in total. The monoisotopic (exact) mass is 257 g/mol. The number of rotatable bonds is 0. The summed E-state index contributed by atoms with van der Waals surface area (Å²) >= 11 is 0. The second-order valence-electron chi connectivity index (χ2n) is 0. The van der Waals surface area contributed by atoms with E-state index in [1.165, 1.54) is 0 Å². The predicted octanol–water partition coefficient (Wildman–Crippen LogP) is -1.48. The first-order valence-corrected chi connectivity index (χ1v) is 0. The molecular formula is H3BaLiNbO. The van der Waals surface area contributed by atoms with Crippen LogP contribution in [0, 0.1) is 0 Å². The maximum Gasteiger partial charge on any atom is 0 e. The third kappa shape index (κ3) is 8.85. The Morgan fingerprint density at radius 3 is 1.00 bits per heavy atom. The zero-order valence-corrected chi connectivity index (χ0v) is 10.4. The summed E-state index contributed by atoms with van der Waals surface area (Å²) in [4.78, 5) is 0. The molecule has 17 valence electrons. The Morgan fingerprint density at radius 2 is 1.00 bits per heavy atom. The quantitative estimate of drug-likeness (QED) is 0.486. The van der Waals surface area contributed by atoms with E-state index in [0.29, 0.717) is 0 Å². The fraction of sp³-hybridized carbons (Fsp3) is 0. The van der Waals surface area contributed by atoms with E-state index >= 15 is 0 Å². The molecule has 4 heteroatoms. The van der Waals surface area contributed by atoms with Gasteiger partial charge in [-0.2, -0.15) is 0 Å². The van der Waals surface area contributed by atoms with Crippen molar-refractivity contribution in [1.82, 2.24) is 0 Å². The van der Waals surface area contributed by atoms with Gasteiger partial charge in [-0.1, -0.05) is 0 Å². The average Bonchev–Trinajstić information content (AvgIpc) is 0. The maximum atomic E-state index is 0. The van der Waals surface area contributed by atoms with Crippen LogP contribution in [-0.4, -0.2) is 73.2 Å². The van der Waals surface area contributed by atoms with Crippen LogP contribution < -0.4 is 0 Å². The molecule has 0 amide bonds. The van der Waals surface area contributed by atoms with Gasteiger partial charge in [0.25, 0.3) is 0 Å². The van der Waals surface area contributed by atoms with Crippen LogP contribution >= 0.6 is 0 Å². The molecule has 0 saturated heterocycles. The van der Waals surface area contributed by atoms with Crippen LogP contribution in [0.5, 0.6) is 0 Å². The predicted molar refractivity (Wildman–Crippen MR) is 16.2 cm³/mol.